The van der Waals surface area contributed by atoms with Crippen LogP contribution in [0.3, 0.4) is 0 Å². The van der Waals surface area contributed by atoms with Gasteiger partial charge in [0.2, 0.25) is 0 Å². The van der Waals surface area contributed by atoms with Crippen LogP contribution in [0, 0.1) is 6.92 Å². The Labute approximate surface area is 109 Å². The molecule has 0 spiro atoms. The monoisotopic (exact) mass is 237 g/mol. The molecule has 0 saturated heterocycles. The summed E-state index contributed by atoms with van der Waals surface area (Å²) in [6.07, 6.45) is 1.19. The number of likely N-dealkylation sites (N-methyl/N-ethyl adjacent to an activating group) is 1. The fraction of sp³-hybridized carbons (Fsp3) is 0.294. The van der Waals surface area contributed by atoms with Crippen LogP contribution in [-0.2, 0) is 6.42 Å². The molecule has 2 atom stereocenters. The largest absolute Gasteiger partial charge is 0.312 e. The number of aryl methyl sites for hydroxylation is 1. The summed E-state index contributed by atoms with van der Waals surface area (Å²) in [5, 5.41) is 3.48. The molecule has 2 unspecified atom stereocenters. The zero-order valence-electron chi connectivity index (χ0n) is 11.0. The van der Waals surface area contributed by atoms with Gasteiger partial charge in [-0.15, -0.1) is 0 Å². The third-order valence-corrected chi connectivity index (χ3v) is 4.04. The van der Waals surface area contributed by atoms with Gasteiger partial charge in [0.15, 0.2) is 0 Å². The van der Waals surface area contributed by atoms with E-state index in [0.29, 0.717) is 12.0 Å². The molecule has 92 valence electrons. The van der Waals surface area contributed by atoms with E-state index in [0.717, 1.165) is 0 Å². The van der Waals surface area contributed by atoms with Crippen LogP contribution in [-0.4, -0.2) is 7.05 Å². The average molecular weight is 237 g/mol. The molecule has 0 aliphatic heterocycles. The zero-order valence-corrected chi connectivity index (χ0v) is 11.0. The van der Waals surface area contributed by atoms with Crippen molar-refractivity contribution in [3.05, 3.63) is 70.8 Å². The van der Waals surface area contributed by atoms with Gasteiger partial charge in [-0.3, -0.25) is 0 Å². The number of hydrogen-bond acceptors (Lipinski definition) is 1. The summed E-state index contributed by atoms with van der Waals surface area (Å²) in [5.74, 6) is 0.619. The minimum absolute atomic E-state index is 0.431. The number of hydrogen-bond donors (Lipinski definition) is 1. The van der Waals surface area contributed by atoms with Crippen molar-refractivity contribution in [3.63, 3.8) is 0 Å². The van der Waals surface area contributed by atoms with Crippen molar-refractivity contribution in [1.29, 1.82) is 0 Å². The molecule has 0 radical (unpaired) electrons. The summed E-state index contributed by atoms with van der Waals surface area (Å²) in [7, 11) is 2.06. The molecule has 0 aromatic heterocycles. The fourth-order valence-electron chi connectivity index (χ4n) is 2.97. The topological polar surface area (TPSA) is 12.0 Å². The fourth-order valence-corrected chi connectivity index (χ4v) is 2.97. The van der Waals surface area contributed by atoms with E-state index < -0.39 is 0 Å². The first-order valence-corrected chi connectivity index (χ1v) is 6.61. The van der Waals surface area contributed by atoms with E-state index >= 15 is 0 Å². The van der Waals surface area contributed by atoms with Crippen LogP contribution in [0.15, 0.2) is 48.5 Å². The standard InChI is InChI=1S/C17H19N/c1-12-7-9-13(10-8-12)17(18-2)16-11-14-5-3-4-6-15(14)16/h3-10,16-18H,11H2,1-2H3. The van der Waals surface area contributed by atoms with Gasteiger partial charge in [0, 0.05) is 12.0 Å². The molecule has 2 aromatic carbocycles. The molecule has 2 aromatic rings. The first-order chi connectivity index (χ1) is 8.79. The third kappa shape index (κ3) is 1.85. The smallest absolute Gasteiger partial charge is 0.0390 e. The number of rotatable bonds is 3. The minimum atomic E-state index is 0.431. The summed E-state index contributed by atoms with van der Waals surface area (Å²) in [6, 6.07) is 18.1. The molecule has 0 saturated carbocycles. The van der Waals surface area contributed by atoms with Gasteiger partial charge >= 0.3 is 0 Å². The van der Waals surface area contributed by atoms with Crippen LogP contribution in [0.25, 0.3) is 0 Å². The Morgan fingerprint density at radius 1 is 1.06 bits per heavy atom. The van der Waals surface area contributed by atoms with Crippen molar-refractivity contribution in [1.82, 2.24) is 5.32 Å². The SMILES string of the molecule is CNC(c1ccc(C)cc1)C1Cc2ccccc21. The predicted molar refractivity (Wildman–Crippen MR) is 75.9 cm³/mol. The van der Waals surface area contributed by atoms with Crippen molar-refractivity contribution in [2.75, 3.05) is 7.05 Å². The second-order valence-corrected chi connectivity index (χ2v) is 5.19. The summed E-state index contributed by atoms with van der Waals surface area (Å²) in [4.78, 5) is 0. The average Bonchev–Trinajstić information content (AvgIpc) is 2.37. The summed E-state index contributed by atoms with van der Waals surface area (Å²) >= 11 is 0. The van der Waals surface area contributed by atoms with Crippen molar-refractivity contribution in [2.24, 2.45) is 0 Å². The molecule has 0 fully saturated rings. The maximum atomic E-state index is 3.48. The van der Waals surface area contributed by atoms with Crippen LogP contribution in [0.4, 0.5) is 0 Å². The van der Waals surface area contributed by atoms with E-state index in [1.807, 2.05) is 0 Å². The van der Waals surface area contributed by atoms with E-state index in [1.54, 1.807) is 0 Å². The van der Waals surface area contributed by atoms with E-state index in [2.05, 4.69) is 67.8 Å². The summed E-state index contributed by atoms with van der Waals surface area (Å²) < 4.78 is 0. The molecule has 1 heteroatoms. The molecular formula is C17H19N. The van der Waals surface area contributed by atoms with Crippen molar-refractivity contribution in [3.8, 4) is 0 Å². The molecule has 1 aliphatic rings. The van der Waals surface area contributed by atoms with Crippen LogP contribution >= 0.6 is 0 Å². The third-order valence-electron chi connectivity index (χ3n) is 4.04. The highest BCUT2D eigenvalue weighted by Gasteiger charge is 2.32. The Morgan fingerprint density at radius 3 is 2.44 bits per heavy atom. The molecule has 1 nitrogen and oxygen atoms in total. The van der Waals surface area contributed by atoms with Gasteiger partial charge in [0.25, 0.3) is 0 Å². The second-order valence-electron chi connectivity index (χ2n) is 5.19. The van der Waals surface area contributed by atoms with E-state index in [9.17, 15) is 0 Å². The highest BCUT2D eigenvalue weighted by Crippen LogP contribution is 2.43. The van der Waals surface area contributed by atoms with Crippen molar-refractivity contribution < 1.29 is 0 Å². The van der Waals surface area contributed by atoms with Gasteiger partial charge in [-0.25, -0.2) is 0 Å². The molecular weight excluding hydrogens is 218 g/mol. The highest BCUT2D eigenvalue weighted by molar-refractivity contribution is 5.43. The van der Waals surface area contributed by atoms with Gasteiger partial charge in [0.05, 0.1) is 0 Å². The van der Waals surface area contributed by atoms with Crippen LogP contribution in [0.1, 0.15) is 34.2 Å². The predicted octanol–water partition coefficient (Wildman–Crippen LogP) is 3.60. The molecule has 0 heterocycles. The van der Waals surface area contributed by atoms with Gasteiger partial charge in [-0.1, -0.05) is 54.1 Å². The lowest BCUT2D eigenvalue weighted by molar-refractivity contribution is 0.439. The van der Waals surface area contributed by atoms with Crippen molar-refractivity contribution >= 4 is 0 Å². The lowest BCUT2D eigenvalue weighted by atomic mass is 9.72. The Hall–Kier alpha value is -1.60. The van der Waals surface area contributed by atoms with E-state index in [1.165, 1.54) is 28.7 Å². The Kier molecular flexibility index (Phi) is 2.92. The number of fused-ring (bicyclic) bond motifs is 1. The number of benzene rings is 2. The van der Waals surface area contributed by atoms with Crippen LogP contribution in [0.5, 0.6) is 0 Å². The quantitative estimate of drug-likeness (QED) is 0.860. The number of nitrogens with one attached hydrogen (secondary N) is 1. The first kappa shape index (κ1) is 11.5. The Morgan fingerprint density at radius 2 is 1.78 bits per heavy atom. The van der Waals surface area contributed by atoms with Gasteiger partial charge < -0.3 is 5.32 Å². The van der Waals surface area contributed by atoms with E-state index in [4.69, 9.17) is 0 Å². The normalized spacial score (nSPS) is 18.9. The van der Waals surface area contributed by atoms with Gasteiger partial charge in [0.1, 0.15) is 0 Å². The lowest BCUT2D eigenvalue weighted by Crippen LogP contribution is -2.31. The second kappa shape index (κ2) is 4.58. The lowest BCUT2D eigenvalue weighted by Gasteiger charge is -2.36. The molecule has 0 bridgehead atoms. The van der Waals surface area contributed by atoms with Gasteiger partial charge in [-0.2, -0.15) is 0 Å². The van der Waals surface area contributed by atoms with Gasteiger partial charge in [-0.05, 0) is 37.1 Å². The maximum absolute atomic E-state index is 3.48. The van der Waals surface area contributed by atoms with Crippen LogP contribution in [0.2, 0.25) is 0 Å². The summed E-state index contributed by atoms with van der Waals surface area (Å²) in [5.41, 5.74) is 5.73. The minimum Gasteiger partial charge on any atom is -0.312 e. The van der Waals surface area contributed by atoms with E-state index in [-0.39, 0.29) is 0 Å². The summed E-state index contributed by atoms with van der Waals surface area (Å²) in [6.45, 7) is 2.14. The Bertz CT molecular complexity index is 542. The first-order valence-electron chi connectivity index (χ1n) is 6.61. The van der Waals surface area contributed by atoms with Crippen molar-refractivity contribution in [2.45, 2.75) is 25.3 Å². The maximum Gasteiger partial charge on any atom is 0.0390 e. The Balaban J connectivity index is 1.89. The molecule has 18 heavy (non-hydrogen) atoms. The molecule has 1 N–H and O–H groups in total. The highest BCUT2D eigenvalue weighted by atomic mass is 14.9. The van der Waals surface area contributed by atoms with Crippen LogP contribution < -0.4 is 5.32 Å². The molecule has 1 aliphatic carbocycles. The molecule has 3 rings (SSSR count). The zero-order chi connectivity index (χ0) is 12.5. The molecule has 0 amide bonds.